The maximum absolute atomic E-state index is 10.7. The standard InChI is InChI=1S/C21H36O17/c1-31-7-3-34-19(14(27)10(7)23)36-9-5-35-20(15(28)12(9)25)38-17-6(22)2-33-21(16(17)29)37-8-4-32-18(30)13(26)11(8)24/h6-30H,2-5H2,1H3/t6-,7-,8-,9-,10?,11?,12+,13?,14?,15?,16?,17+,18-,19+,20+,21+/m1/s1. The van der Waals surface area contributed by atoms with E-state index in [1.165, 1.54) is 7.11 Å². The van der Waals surface area contributed by atoms with Crippen molar-refractivity contribution in [3.05, 3.63) is 0 Å². The molecule has 17 nitrogen and oxygen atoms in total. The summed E-state index contributed by atoms with van der Waals surface area (Å²) in [6.07, 6.45) is -23.1. The Morgan fingerprint density at radius 2 is 0.921 bits per heavy atom. The minimum Gasteiger partial charge on any atom is -0.388 e. The summed E-state index contributed by atoms with van der Waals surface area (Å²) >= 11 is 0. The molecule has 17 heteroatoms. The first kappa shape index (κ1) is 30.3. The van der Waals surface area contributed by atoms with E-state index in [0.717, 1.165) is 0 Å². The van der Waals surface area contributed by atoms with E-state index in [1.54, 1.807) is 0 Å². The average Bonchev–Trinajstić information content (AvgIpc) is 2.90. The van der Waals surface area contributed by atoms with Gasteiger partial charge in [0.05, 0.1) is 26.4 Å². The molecule has 4 heterocycles. The molecule has 6 unspecified atom stereocenters. The van der Waals surface area contributed by atoms with Crippen molar-refractivity contribution in [2.45, 2.75) is 98.4 Å². The minimum absolute atomic E-state index is 0.0936. The third-order valence-corrected chi connectivity index (χ3v) is 6.96. The van der Waals surface area contributed by atoms with Gasteiger partial charge in [0.1, 0.15) is 73.2 Å². The van der Waals surface area contributed by atoms with Crippen LogP contribution in [0.2, 0.25) is 0 Å². The number of methoxy groups -OCH3 is 1. The van der Waals surface area contributed by atoms with Crippen LogP contribution in [0.25, 0.3) is 0 Å². The van der Waals surface area contributed by atoms with E-state index in [4.69, 9.17) is 37.9 Å². The lowest BCUT2D eigenvalue weighted by molar-refractivity contribution is -0.361. The molecule has 0 amide bonds. The van der Waals surface area contributed by atoms with Crippen molar-refractivity contribution in [1.82, 2.24) is 0 Å². The van der Waals surface area contributed by atoms with Crippen LogP contribution in [0.1, 0.15) is 0 Å². The maximum Gasteiger partial charge on any atom is 0.186 e. The Morgan fingerprint density at radius 3 is 1.53 bits per heavy atom. The second-order valence-corrected chi connectivity index (χ2v) is 9.55. The normalized spacial score (nSPS) is 52.6. The highest BCUT2D eigenvalue weighted by atomic mass is 16.8. The Labute approximate surface area is 216 Å². The van der Waals surface area contributed by atoms with Crippen LogP contribution < -0.4 is 0 Å². The molecule has 38 heavy (non-hydrogen) atoms. The molecule has 4 fully saturated rings. The van der Waals surface area contributed by atoms with Gasteiger partial charge in [0.25, 0.3) is 0 Å². The molecule has 0 spiro atoms. The van der Waals surface area contributed by atoms with Gasteiger partial charge in [-0.05, 0) is 0 Å². The van der Waals surface area contributed by atoms with Gasteiger partial charge in [-0.3, -0.25) is 0 Å². The van der Waals surface area contributed by atoms with Gasteiger partial charge >= 0.3 is 0 Å². The predicted octanol–water partition coefficient (Wildman–Crippen LogP) is -6.54. The van der Waals surface area contributed by atoms with Gasteiger partial charge in [-0.2, -0.15) is 0 Å². The molecular formula is C21H36O17. The molecule has 4 saturated heterocycles. The van der Waals surface area contributed by atoms with E-state index in [9.17, 15) is 46.0 Å². The number of ether oxygens (including phenoxy) is 8. The Hall–Kier alpha value is -0.680. The summed E-state index contributed by atoms with van der Waals surface area (Å²) in [6, 6.07) is 0. The van der Waals surface area contributed by atoms with E-state index in [0.29, 0.717) is 0 Å². The van der Waals surface area contributed by atoms with Crippen LogP contribution >= 0.6 is 0 Å². The summed E-state index contributed by atoms with van der Waals surface area (Å²) in [5, 5.41) is 91.8. The molecule has 0 aliphatic carbocycles. The maximum atomic E-state index is 10.7. The summed E-state index contributed by atoms with van der Waals surface area (Å²) in [6.45, 7) is -1.18. The number of aliphatic hydroxyl groups excluding tert-OH is 9. The zero-order valence-corrected chi connectivity index (χ0v) is 20.4. The summed E-state index contributed by atoms with van der Waals surface area (Å²) in [5.41, 5.74) is 0. The van der Waals surface area contributed by atoms with Crippen LogP contribution in [0.15, 0.2) is 0 Å². The lowest BCUT2D eigenvalue weighted by Gasteiger charge is -2.45. The van der Waals surface area contributed by atoms with Gasteiger partial charge in [-0.15, -0.1) is 0 Å². The number of aliphatic hydroxyl groups is 9. The molecule has 16 atom stereocenters. The third-order valence-electron chi connectivity index (χ3n) is 6.96. The molecular weight excluding hydrogens is 524 g/mol. The summed E-state index contributed by atoms with van der Waals surface area (Å²) in [7, 11) is 1.34. The second-order valence-electron chi connectivity index (χ2n) is 9.55. The molecule has 0 aromatic rings. The summed E-state index contributed by atoms with van der Waals surface area (Å²) in [4.78, 5) is 0. The van der Waals surface area contributed by atoms with Crippen LogP contribution in [-0.2, 0) is 37.9 Å². The minimum atomic E-state index is -1.74. The van der Waals surface area contributed by atoms with Crippen molar-refractivity contribution in [1.29, 1.82) is 0 Å². The van der Waals surface area contributed by atoms with Gasteiger partial charge in [-0.25, -0.2) is 0 Å². The predicted molar refractivity (Wildman–Crippen MR) is 115 cm³/mol. The molecule has 4 aliphatic heterocycles. The van der Waals surface area contributed by atoms with Crippen LogP contribution in [0, 0.1) is 0 Å². The van der Waals surface area contributed by atoms with Crippen molar-refractivity contribution < 1.29 is 83.9 Å². The summed E-state index contributed by atoms with van der Waals surface area (Å²) < 4.78 is 42.5. The lowest BCUT2D eigenvalue weighted by Crippen LogP contribution is -2.63. The van der Waals surface area contributed by atoms with E-state index in [1.807, 2.05) is 0 Å². The van der Waals surface area contributed by atoms with Crippen LogP contribution in [-0.4, -0.2) is 178 Å². The van der Waals surface area contributed by atoms with Gasteiger partial charge < -0.3 is 83.9 Å². The molecule has 0 saturated carbocycles. The quantitative estimate of drug-likeness (QED) is 0.140. The number of rotatable bonds is 7. The van der Waals surface area contributed by atoms with E-state index >= 15 is 0 Å². The van der Waals surface area contributed by atoms with E-state index < -0.39 is 98.4 Å². The highest BCUT2D eigenvalue weighted by Gasteiger charge is 2.49. The largest absolute Gasteiger partial charge is 0.388 e. The van der Waals surface area contributed by atoms with E-state index in [2.05, 4.69) is 0 Å². The molecule has 0 aromatic carbocycles. The zero-order valence-electron chi connectivity index (χ0n) is 20.4. The SMILES string of the molecule is CO[C@@H]1CO[C@@H](O[C@@H]2CO[C@@H](O[C@@H]3C(O)[C@H](O[C@@H]4CO[C@@H](O)C(O)C4O)OC[C@H]3O)C(O)[C@H]2O)C(O)C1O. The first-order valence-corrected chi connectivity index (χ1v) is 12.1. The first-order chi connectivity index (χ1) is 18.0. The van der Waals surface area contributed by atoms with Crippen LogP contribution in [0.5, 0.6) is 0 Å². The first-order valence-electron chi connectivity index (χ1n) is 12.1. The van der Waals surface area contributed by atoms with Crippen molar-refractivity contribution in [3.63, 3.8) is 0 Å². The molecule has 4 rings (SSSR count). The fourth-order valence-corrected chi connectivity index (χ4v) is 4.56. The smallest absolute Gasteiger partial charge is 0.186 e. The number of hydrogen-bond donors (Lipinski definition) is 9. The molecule has 222 valence electrons. The number of hydrogen-bond acceptors (Lipinski definition) is 17. The van der Waals surface area contributed by atoms with Crippen LogP contribution in [0.4, 0.5) is 0 Å². The zero-order chi connectivity index (χ0) is 27.7. The average molecular weight is 561 g/mol. The molecule has 0 radical (unpaired) electrons. The van der Waals surface area contributed by atoms with Crippen molar-refractivity contribution in [2.75, 3.05) is 33.5 Å². The molecule has 9 N–H and O–H groups in total. The lowest BCUT2D eigenvalue weighted by atomic mass is 10.0. The Kier molecular flexibility index (Phi) is 10.3. The van der Waals surface area contributed by atoms with Gasteiger partial charge in [0, 0.05) is 7.11 Å². The Bertz CT molecular complexity index is 747. The summed E-state index contributed by atoms with van der Waals surface area (Å²) in [5.74, 6) is 0. The van der Waals surface area contributed by atoms with Crippen molar-refractivity contribution in [3.8, 4) is 0 Å². The third kappa shape index (κ3) is 6.29. The Morgan fingerprint density at radius 1 is 0.474 bits per heavy atom. The van der Waals surface area contributed by atoms with Gasteiger partial charge in [0.2, 0.25) is 0 Å². The van der Waals surface area contributed by atoms with Crippen molar-refractivity contribution >= 4 is 0 Å². The molecule has 0 aromatic heterocycles. The topological polar surface area (TPSA) is 256 Å². The monoisotopic (exact) mass is 560 g/mol. The van der Waals surface area contributed by atoms with Gasteiger partial charge in [0.15, 0.2) is 25.2 Å². The molecule has 0 bridgehead atoms. The van der Waals surface area contributed by atoms with Crippen LogP contribution in [0.3, 0.4) is 0 Å². The highest BCUT2D eigenvalue weighted by Crippen LogP contribution is 2.29. The Balaban J connectivity index is 1.32. The highest BCUT2D eigenvalue weighted by molar-refractivity contribution is 4.92. The van der Waals surface area contributed by atoms with E-state index in [-0.39, 0.29) is 26.4 Å². The fourth-order valence-electron chi connectivity index (χ4n) is 4.56. The second kappa shape index (κ2) is 12.9. The molecule has 4 aliphatic rings. The fraction of sp³-hybridized carbons (Fsp3) is 1.00. The van der Waals surface area contributed by atoms with Crippen molar-refractivity contribution in [2.24, 2.45) is 0 Å². The van der Waals surface area contributed by atoms with Gasteiger partial charge in [-0.1, -0.05) is 0 Å².